The van der Waals surface area contributed by atoms with Crippen LogP contribution in [-0.4, -0.2) is 6.04 Å². The van der Waals surface area contributed by atoms with Crippen molar-refractivity contribution in [2.24, 2.45) is 11.8 Å². The number of nitrogens with two attached hydrogens (primary N) is 1. The Morgan fingerprint density at radius 2 is 1.65 bits per heavy atom. The van der Waals surface area contributed by atoms with E-state index in [1.165, 1.54) is 23.1 Å². The van der Waals surface area contributed by atoms with E-state index in [0.29, 0.717) is 6.04 Å². The van der Waals surface area contributed by atoms with Gasteiger partial charge in [-0.1, -0.05) is 43.2 Å². The highest BCUT2D eigenvalue weighted by Crippen LogP contribution is 2.14. The van der Waals surface area contributed by atoms with E-state index in [2.05, 4.69) is 51.3 Å². The zero-order chi connectivity index (χ0) is 12.8. The van der Waals surface area contributed by atoms with E-state index in [-0.39, 0.29) is 0 Å². The molecule has 2 nitrogen and oxygen atoms in total. The summed E-state index contributed by atoms with van der Waals surface area (Å²) in [6, 6.07) is 7.11. The number of aryl methyl sites for hydroxylation is 2. The SMILES string of the molecule is Cc1cc(C)cc(CC(CCC(C)C)NN)c1. The van der Waals surface area contributed by atoms with Crippen LogP contribution in [0.2, 0.25) is 0 Å². The Bertz CT molecular complexity index is 325. The van der Waals surface area contributed by atoms with Crippen LogP contribution in [0, 0.1) is 19.8 Å². The lowest BCUT2D eigenvalue weighted by Gasteiger charge is -2.17. The van der Waals surface area contributed by atoms with Gasteiger partial charge in [-0.25, -0.2) is 0 Å². The molecule has 0 saturated carbocycles. The second-order valence-corrected chi connectivity index (χ2v) is 5.53. The van der Waals surface area contributed by atoms with Crippen molar-refractivity contribution >= 4 is 0 Å². The number of nitrogens with one attached hydrogen (secondary N) is 1. The molecule has 1 unspecified atom stereocenters. The van der Waals surface area contributed by atoms with E-state index < -0.39 is 0 Å². The maximum Gasteiger partial charge on any atom is 0.0251 e. The molecular weight excluding hydrogens is 208 g/mol. The fraction of sp³-hybridized carbons (Fsp3) is 0.600. The highest BCUT2D eigenvalue weighted by Gasteiger charge is 2.09. The summed E-state index contributed by atoms with van der Waals surface area (Å²) in [5.41, 5.74) is 6.99. The van der Waals surface area contributed by atoms with Gasteiger partial charge in [0, 0.05) is 6.04 Å². The Morgan fingerprint density at radius 1 is 1.06 bits per heavy atom. The minimum atomic E-state index is 0.388. The van der Waals surface area contributed by atoms with Gasteiger partial charge in [-0.05, 0) is 44.6 Å². The maximum atomic E-state index is 5.63. The van der Waals surface area contributed by atoms with Crippen LogP contribution in [0.4, 0.5) is 0 Å². The van der Waals surface area contributed by atoms with Crippen molar-refractivity contribution in [3.8, 4) is 0 Å². The Hall–Kier alpha value is -0.860. The first-order valence-corrected chi connectivity index (χ1v) is 6.54. The van der Waals surface area contributed by atoms with Crippen LogP contribution in [0.25, 0.3) is 0 Å². The standard InChI is InChI=1S/C15H26N2/c1-11(2)5-6-15(17-16)10-14-8-12(3)7-13(4)9-14/h7-9,11,15,17H,5-6,10,16H2,1-4H3. The van der Waals surface area contributed by atoms with Gasteiger partial charge in [0.05, 0.1) is 0 Å². The molecule has 0 saturated heterocycles. The summed E-state index contributed by atoms with van der Waals surface area (Å²) in [6.07, 6.45) is 3.38. The summed E-state index contributed by atoms with van der Waals surface area (Å²) in [5.74, 6) is 6.37. The Labute approximate surface area is 106 Å². The zero-order valence-electron chi connectivity index (χ0n) is 11.6. The molecular formula is C15H26N2. The van der Waals surface area contributed by atoms with Crippen molar-refractivity contribution in [2.45, 2.75) is 53.0 Å². The second-order valence-electron chi connectivity index (χ2n) is 5.53. The van der Waals surface area contributed by atoms with Gasteiger partial charge >= 0.3 is 0 Å². The maximum absolute atomic E-state index is 5.63. The predicted octanol–water partition coefficient (Wildman–Crippen LogP) is 3.11. The van der Waals surface area contributed by atoms with E-state index in [4.69, 9.17) is 5.84 Å². The lowest BCUT2D eigenvalue weighted by Crippen LogP contribution is -2.37. The van der Waals surface area contributed by atoms with Gasteiger partial charge in [0.1, 0.15) is 0 Å². The van der Waals surface area contributed by atoms with Crippen LogP contribution in [0.1, 0.15) is 43.4 Å². The molecule has 0 aliphatic heterocycles. The Kier molecular flexibility index (Phi) is 5.66. The van der Waals surface area contributed by atoms with Crippen molar-refractivity contribution in [3.05, 3.63) is 34.9 Å². The molecule has 1 aromatic carbocycles. The van der Waals surface area contributed by atoms with Crippen LogP contribution < -0.4 is 11.3 Å². The summed E-state index contributed by atoms with van der Waals surface area (Å²) < 4.78 is 0. The molecule has 1 rings (SSSR count). The van der Waals surface area contributed by atoms with Crippen molar-refractivity contribution in [1.29, 1.82) is 0 Å². The molecule has 0 aliphatic carbocycles. The summed E-state index contributed by atoms with van der Waals surface area (Å²) in [6.45, 7) is 8.81. The molecule has 0 aromatic heterocycles. The van der Waals surface area contributed by atoms with Gasteiger partial charge in [0.2, 0.25) is 0 Å². The molecule has 0 aliphatic rings. The van der Waals surface area contributed by atoms with Crippen LogP contribution >= 0.6 is 0 Å². The highest BCUT2D eigenvalue weighted by atomic mass is 15.2. The van der Waals surface area contributed by atoms with E-state index >= 15 is 0 Å². The van der Waals surface area contributed by atoms with E-state index in [1.807, 2.05) is 0 Å². The largest absolute Gasteiger partial charge is 0.271 e. The monoisotopic (exact) mass is 234 g/mol. The molecule has 1 aromatic rings. The van der Waals surface area contributed by atoms with Gasteiger partial charge < -0.3 is 0 Å². The van der Waals surface area contributed by atoms with Crippen LogP contribution in [0.15, 0.2) is 18.2 Å². The molecule has 17 heavy (non-hydrogen) atoms. The van der Waals surface area contributed by atoms with Crippen molar-refractivity contribution in [3.63, 3.8) is 0 Å². The normalized spacial score (nSPS) is 13.1. The minimum absolute atomic E-state index is 0.388. The summed E-state index contributed by atoms with van der Waals surface area (Å²) in [7, 11) is 0. The molecule has 1 atom stereocenters. The topological polar surface area (TPSA) is 38.0 Å². The smallest absolute Gasteiger partial charge is 0.0251 e. The first-order chi connectivity index (χ1) is 8.01. The molecule has 0 radical (unpaired) electrons. The number of hydrogen-bond acceptors (Lipinski definition) is 2. The molecule has 0 spiro atoms. The third-order valence-electron chi connectivity index (χ3n) is 3.09. The summed E-state index contributed by atoms with van der Waals surface area (Å²) >= 11 is 0. The van der Waals surface area contributed by atoms with E-state index in [9.17, 15) is 0 Å². The number of hydrazine groups is 1. The molecule has 0 fully saturated rings. The molecule has 3 N–H and O–H groups in total. The number of benzene rings is 1. The lowest BCUT2D eigenvalue weighted by molar-refractivity contribution is 0.434. The molecule has 0 heterocycles. The number of rotatable bonds is 6. The highest BCUT2D eigenvalue weighted by molar-refractivity contribution is 5.29. The van der Waals surface area contributed by atoms with Crippen molar-refractivity contribution in [1.82, 2.24) is 5.43 Å². The fourth-order valence-corrected chi connectivity index (χ4v) is 2.25. The van der Waals surface area contributed by atoms with E-state index in [1.54, 1.807) is 0 Å². The van der Waals surface area contributed by atoms with Crippen molar-refractivity contribution < 1.29 is 0 Å². The molecule has 96 valence electrons. The number of hydrogen-bond donors (Lipinski definition) is 2. The summed E-state index contributed by atoms with van der Waals surface area (Å²) in [5, 5.41) is 0. The molecule has 0 bridgehead atoms. The first-order valence-electron chi connectivity index (χ1n) is 6.54. The zero-order valence-corrected chi connectivity index (χ0v) is 11.6. The first kappa shape index (κ1) is 14.2. The van der Waals surface area contributed by atoms with Crippen LogP contribution in [-0.2, 0) is 6.42 Å². The summed E-state index contributed by atoms with van der Waals surface area (Å²) in [4.78, 5) is 0. The fourth-order valence-electron chi connectivity index (χ4n) is 2.25. The van der Waals surface area contributed by atoms with E-state index in [0.717, 1.165) is 18.8 Å². The third kappa shape index (κ3) is 5.33. The predicted molar refractivity (Wildman–Crippen MR) is 74.8 cm³/mol. The minimum Gasteiger partial charge on any atom is -0.271 e. The molecule has 2 heteroatoms. The van der Waals surface area contributed by atoms with Crippen molar-refractivity contribution in [2.75, 3.05) is 0 Å². The average molecular weight is 234 g/mol. The van der Waals surface area contributed by atoms with Crippen LogP contribution in [0.3, 0.4) is 0 Å². The Morgan fingerprint density at radius 3 is 2.12 bits per heavy atom. The lowest BCUT2D eigenvalue weighted by atomic mass is 9.96. The quantitative estimate of drug-likeness (QED) is 0.586. The van der Waals surface area contributed by atoms with Gasteiger partial charge in [0.15, 0.2) is 0 Å². The van der Waals surface area contributed by atoms with Gasteiger partial charge in [-0.2, -0.15) is 0 Å². The third-order valence-corrected chi connectivity index (χ3v) is 3.09. The second kappa shape index (κ2) is 6.77. The Balaban J connectivity index is 2.60. The molecule has 0 amide bonds. The van der Waals surface area contributed by atoms with Gasteiger partial charge in [-0.15, -0.1) is 0 Å². The average Bonchev–Trinajstić information content (AvgIpc) is 2.22. The van der Waals surface area contributed by atoms with Gasteiger partial charge in [0.25, 0.3) is 0 Å². The van der Waals surface area contributed by atoms with Crippen LogP contribution in [0.5, 0.6) is 0 Å². The van der Waals surface area contributed by atoms with Gasteiger partial charge in [-0.3, -0.25) is 11.3 Å².